The molecule has 4 heteroatoms. The Morgan fingerprint density at radius 3 is 2.82 bits per heavy atom. The zero-order chi connectivity index (χ0) is 11.2. The molecule has 0 amide bonds. The van der Waals surface area contributed by atoms with Gasteiger partial charge in [-0.3, -0.25) is 0 Å². The normalized spacial score (nSPS) is 30.9. The summed E-state index contributed by atoms with van der Waals surface area (Å²) in [6.45, 7) is 4.72. The van der Waals surface area contributed by atoms with Crippen LogP contribution in [-0.2, 0) is 4.74 Å². The zero-order valence-electron chi connectivity index (χ0n) is 11.0. The molecular weight excluding hydrogens is 236 g/mol. The summed E-state index contributed by atoms with van der Waals surface area (Å²) >= 11 is 0. The highest BCUT2D eigenvalue weighted by molar-refractivity contribution is 5.85. The predicted octanol–water partition coefficient (Wildman–Crippen LogP) is 2.05. The standard InChI is InChI=1S/C13H26N2O.ClH/c1-14-12-5-4-8-15(11-12)9-7-13-6-2-3-10-16-13;/h12-14H,2-11H2,1H3;1H. The Morgan fingerprint density at radius 1 is 1.24 bits per heavy atom. The van der Waals surface area contributed by atoms with E-state index in [2.05, 4.69) is 17.3 Å². The van der Waals surface area contributed by atoms with Gasteiger partial charge in [-0.1, -0.05) is 0 Å². The minimum Gasteiger partial charge on any atom is -0.378 e. The quantitative estimate of drug-likeness (QED) is 0.839. The Kier molecular flexibility index (Phi) is 7.44. The number of piperidine rings is 1. The molecule has 0 spiro atoms. The fourth-order valence-electron chi connectivity index (χ4n) is 2.86. The molecule has 2 heterocycles. The number of hydrogen-bond donors (Lipinski definition) is 1. The fraction of sp³-hybridized carbons (Fsp3) is 1.00. The molecule has 2 unspecified atom stereocenters. The molecular formula is C13H27ClN2O. The molecule has 0 radical (unpaired) electrons. The number of ether oxygens (including phenoxy) is 1. The molecule has 2 aliphatic heterocycles. The van der Waals surface area contributed by atoms with Crippen LogP contribution in [-0.4, -0.2) is 50.3 Å². The number of hydrogen-bond acceptors (Lipinski definition) is 3. The number of nitrogens with zero attached hydrogens (tertiary/aromatic N) is 1. The molecule has 3 nitrogen and oxygen atoms in total. The van der Waals surface area contributed by atoms with Crippen LogP contribution >= 0.6 is 12.4 Å². The molecule has 0 bridgehead atoms. The zero-order valence-corrected chi connectivity index (χ0v) is 11.8. The van der Waals surface area contributed by atoms with Gasteiger partial charge in [0.05, 0.1) is 6.10 Å². The number of halogens is 1. The molecule has 2 saturated heterocycles. The van der Waals surface area contributed by atoms with Gasteiger partial charge in [0.15, 0.2) is 0 Å². The SMILES string of the molecule is CNC1CCCN(CCC2CCCCO2)C1.Cl. The molecule has 0 aliphatic carbocycles. The van der Waals surface area contributed by atoms with E-state index in [0.717, 1.165) is 6.61 Å². The van der Waals surface area contributed by atoms with Crippen LogP contribution in [0.15, 0.2) is 0 Å². The van der Waals surface area contributed by atoms with Crippen molar-refractivity contribution in [2.24, 2.45) is 0 Å². The molecule has 2 rings (SSSR count). The van der Waals surface area contributed by atoms with Gasteiger partial charge in [-0.25, -0.2) is 0 Å². The predicted molar refractivity (Wildman–Crippen MR) is 74.0 cm³/mol. The van der Waals surface area contributed by atoms with E-state index in [9.17, 15) is 0 Å². The summed E-state index contributed by atoms with van der Waals surface area (Å²) in [6, 6.07) is 0.709. The highest BCUT2D eigenvalue weighted by Crippen LogP contribution is 2.17. The first-order chi connectivity index (χ1) is 7.88. The van der Waals surface area contributed by atoms with Crippen LogP contribution in [0.4, 0.5) is 0 Å². The van der Waals surface area contributed by atoms with Gasteiger partial charge in [0.2, 0.25) is 0 Å². The second-order valence-corrected chi connectivity index (χ2v) is 5.21. The van der Waals surface area contributed by atoms with Crippen LogP contribution in [0.3, 0.4) is 0 Å². The monoisotopic (exact) mass is 262 g/mol. The van der Waals surface area contributed by atoms with Crippen molar-refractivity contribution in [1.82, 2.24) is 10.2 Å². The lowest BCUT2D eigenvalue weighted by atomic mass is 10.0. The maximum atomic E-state index is 5.78. The lowest BCUT2D eigenvalue weighted by molar-refractivity contribution is 0.00386. The van der Waals surface area contributed by atoms with Gasteiger partial charge in [-0.2, -0.15) is 0 Å². The fourth-order valence-corrected chi connectivity index (χ4v) is 2.86. The molecule has 102 valence electrons. The van der Waals surface area contributed by atoms with Crippen LogP contribution in [0.5, 0.6) is 0 Å². The summed E-state index contributed by atoms with van der Waals surface area (Å²) in [5, 5.41) is 3.40. The Morgan fingerprint density at radius 2 is 2.12 bits per heavy atom. The van der Waals surface area contributed by atoms with Crippen molar-refractivity contribution >= 4 is 12.4 Å². The van der Waals surface area contributed by atoms with Gasteiger partial charge < -0.3 is 15.0 Å². The number of rotatable bonds is 4. The minimum atomic E-state index is 0. The number of likely N-dealkylation sites (N-methyl/N-ethyl adjacent to an activating group) is 1. The molecule has 17 heavy (non-hydrogen) atoms. The average molecular weight is 263 g/mol. The third-order valence-corrected chi connectivity index (χ3v) is 3.96. The Hall–Kier alpha value is 0.170. The van der Waals surface area contributed by atoms with E-state index < -0.39 is 0 Å². The van der Waals surface area contributed by atoms with Crippen molar-refractivity contribution in [3.05, 3.63) is 0 Å². The summed E-state index contributed by atoms with van der Waals surface area (Å²) < 4.78 is 5.78. The van der Waals surface area contributed by atoms with Gasteiger partial charge in [-0.15, -0.1) is 12.4 Å². The summed E-state index contributed by atoms with van der Waals surface area (Å²) in [4.78, 5) is 2.60. The van der Waals surface area contributed by atoms with E-state index in [1.807, 2.05) is 0 Å². The summed E-state index contributed by atoms with van der Waals surface area (Å²) in [7, 11) is 2.08. The Labute approximate surface area is 112 Å². The lowest BCUT2D eigenvalue weighted by Gasteiger charge is -2.33. The van der Waals surface area contributed by atoms with E-state index in [1.165, 1.54) is 58.2 Å². The van der Waals surface area contributed by atoms with Gasteiger partial charge in [0.1, 0.15) is 0 Å². The molecule has 0 aromatic carbocycles. The van der Waals surface area contributed by atoms with E-state index >= 15 is 0 Å². The maximum absolute atomic E-state index is 5.78. The molecule has 1 N–H and O–H groups in total. The summed E-state index contributed by atoms with van der Waals surface area (Å²) in [5.74, 6) is 0. The second-order valence-electron chi connectivity index (χ2n) is 5.21. The van der Waals surface area contributed by atoms with Gasteiger partial charge >= 0.3 is 0 Å². The summed E-state index contributed by atoms with van der Waals surface area (Å²) in [5.41, 5.74) is 0. The molecule has 0 aromatic heterocycles. The molecule has 0 aromatic rings. The van der Waals surface area contributed by atoms with E-state index in [4.69, 9.17) is 4.74 Å². The minimum absolute atomic E-state index is 0. The second kappa shape index (κ2) is 8.30. The van der Waals surface area contributed by atoms with Crippen molar-refractivity contribution in [1.29, 1.82) is 0 Å². The highest BCUT2D eigenvalue weighted by Gasteiger charge is 2.20. The largest absolute Gasteiger partial charge is 0.378 e. The molecule has 2 aliphatic rings. The number of likely N-dealkylation sites (tertiary alicyclic amines) is 1. The topological polar surface area (TPSA) is 24.5 Å². The van der Waals surface area contributed by atoms with Gasteiger partial charge in [0, 0.05) is 25.7 Å². The van der Waals surface area contributed by atoms with Crippen LogP contribution in [0.2, 0.25) is 0 Å². The van der Waals surface area contributed by atoms with E-state index in [-0.39, 0.29) is 12.4 Å². The lowest BCUT2D eigenvalue weighted by Crippen LogP contribution is -2.45. The van der Waals surface area contributed by atoms with Crippen LogP contribution in [0.25, 0.3) is 0 Å². The first-order valence-corrected chi connectivity index (χ1v) is 6.89. The van der Waals surface area contributed by atoms with Crippen molar-refractivity contribution < 1.29 is 4.74 Å². The van der Waals surface area contributed by atoms with Crippen molar-refractivity contribution in [3.8, 4) is 0 Å². The average Bonchev–Trinajstić information content (AvgIpc) is 2.38. The number of nitrogens with one attached hydrogen (secondary N) is 1. The molecule has 2 fully saturated rings. The summed E-state index contributed by atoms with van der Waals surface area (Å²) in [6.07, 6.45) is 8.37. The van der Waals surface area contributed by atoms with Gasteiger partial charge in [-0.05, 0) is 52.1 Å². The maximum Gasteiger partial charge on any atom is 0.0587 e. The smallest absolute Gasteiger partial charge is 0.0587 e. The molecule has 0 saturated carbocycles. The first kappa shape index (κ1) is 15.2. The molecule has 2 atom stereocenters. The van der Waals surface area contributed by atoms with Crippen molar-refractivity contribution in [3.63, 3.8) is 0 Å². The van der Waals surface area contributed by atoms with Crippen molar-refractivity contribution in [2.45, 2.75) is 50.7 Å². The van der Waals surface area contributed by atoms with Crippen molar-refractivity contribution in [2.75, 3.05) is 33.3 Å². The first-order valence-electron chi connectivity index (χ1n) is 6.89. The highest BCUT2D eigenvalue weighted by atomic mass is 35.5. The third-order valence-electron chi connectivity index (χ3n) is 3.96. The van der Waals surface area contributed by atoms with Gasteiger partial charge in [0.25, 0.3) is 0 Å². The van der Waals surface area contributed by atoms with E-state index in [1.54, 1.807) is 0 Å². The van der Waals surface area contributed by atoms with Crippen LogP contribution < -0.4 is 5.32 Å². The third kappa shape index (κ3) is 5.12. The van der Waals surface area contributed by atoms with E-state index in [0.29, 0.717) is 12.1 Å². The van der Waals surface area contributed by atoms with Crippen LogP contribution in [0, 0.1) is 0 Å². The Balaban J connectivity index is 0.00000144. The van der Waals surface area contributed by atoms with Crippen LogP contribution in [0.1, 0.15) is 38.5 Å². The Bertz CT molecular complexity index is 198.